The Balaban J connectivity index is 3.18. The lowest BCUT2D eigenvalue weighted by atomic mass is 10.0. The Kier molecular flexibility index (Phi) is 3.06. The lowest BCUT2D eigenvalue weighted by molar-refractivity contribution is 0.0689. The number of hydrogen-bond donors (Lipinski definition) is 1. The molecule has 0 aliphatic carbocycles. The number of ether oxygens (including phenoxy) is 1. The van der Waals surface area contributed by atoms with Gasteiger partial charge in [-0.3, -0.25) is 0 Å². The van der Waals surface area contributed by atoms with Crippen LogP contribution in [-0.2, 0) is 0 Å². The highest BCUT2D eigenvalue weighted by molar-refractivity contribution is 5.85. The van der Waals surface area contributed by atoms with Gasteiger partial charge < -0.3 is 9.84 Å². The fraction of sp³-hybridized carbons (Fsp3) is 0.400. The van der Waals surface area contributed by atoms with Crippen molar-refractivity contribution < 1.29 is 14.6 Å². The smallest absolute Gasteiger partial charge is 0.354 e. The number of methoxy groups -OCH3 is 1. The minimum atomic E-state index is -1.04. The number of pyridine rings is 1. The summed E-state index contributed by atoms with van der Waals surface area (Å²) in [4.78, 5) is 14.5. The maximum Gasteiger partial charge on any atom is 0.354 e. The molecule has 0 unspecified atom stereocenters. The molecule has 0 aliphatic rings. The van der Waals surface area contributed by atoms with E-state index in [1.54, 1.807) is 6.07 Å². The first-order valence-corrected chi connectivity index (χ1v) is 4.34. The molecule has 4 nitrogen and oxygen atoms in total. The van der Waals surface area contributed by atoms with Crippen LogP contribution in [0.1, 0.15) is 35.8 Å². The van der Waals surface area contributed by atoms with E-state index < -0.39 is 5.97 Å². The highest BCUT2D eigenvalue weighted by Gasteiger charge is 2.12. The lowest BCUT2D eigenvalue weighted by Gasteiger charge is -2.10. The summed E-state index contributed by atoms with van der Waals surface area (Å²) in [6.07, 6.45) is 0. The molecule has 14 heavy (non-hydrogen) atoms. The molecular weight excluding hydrogens is 182 g/mol. The third-order valence-electron chi connectivity index (χ3n) is 1.92. The summed E-state index contributed by atoms with van der Waals surface area (Å²) in [7, 11) is 1.49. The molecule has 0 radical (unpaired) electrons. The molecule has 76 valence electrons. The van der Waals surface area contributed by atoms with Crippen molar-refractivity contribution in [2.75, 3.05) is 7.11 Å². The summed E-state index contributed by atoms with van der Waals surface area (Å²) >= 11 is 0. The average Bonchev–Trinajstić information content (AvgIpc) is 2.16. The normalized spacial score (nSPS) is 10.3. The van der Waals surface area contributed by atoms with E-state index in [-0.39, 0.29) is 11.6 Å². The SMILES string of the molecule is COc1nc(C(=O)O)ccc1C(C)C. The van der Waals surface area contributed by atoms with E-state index in [1.807, 2.05) is 13.8 Å². The van der Waals surface area contributed by atoms with E-state index in [2.05, 4.69) is 4.98 Å². The third-order valence-corrected chi connectivity index (χ3v) is 1.92. The summed E-state index contributed by atoms with van der Waals surface area (Å²) in [5.74, 6) is -0.390. The molecular formula is C10H13NO3. The Labute approximate surface area is 82.5 Å². The van der Waals surface area contributed by atoms with Crippen molar-refractivity contribution in [1.82, 2.24) is 4.98 Å². The number of aromatic nitrogens is 1. The first kappa shape index (κ1) is 10.5. The van der Waals surface area contributed by atoms with Gasteiger partial charge in [0.25, 0.3) is 0 Å². The first-order valence-electron chi connectivity index (χ1n) is 4.34. The van der Waals surface area contributed by atoms with Gasteiger partial charge in [-0.15, -0.1) is 0 Å². The molecule has 0 bridgehead atoms. The molecule has 0 aliphatic heterocycles. The van der Waals surface area contributed by atoms with Gasteiger partial charge in [0.1, 0.15) is 0 Å². The molecule has 0 fully saturated rings. The van der Waals surface area contributed by atoms with Crippen LogP contribution in [0.2, 0.25) is 0 Å². The summed E-state index contributed by atoms with van der Waals surface area (Å²) in [6.45, 7) is 4.00. The van der Waals surface area contributed by atoms with Gasteiger partial charge in [-0.2, -0.15) is 0 Å². The summed E-state index contributed by atoms with van der Waals surface area (Å²) in [6, 6.07) is 3.22. The van der Waals surface area contributed by atoms with Gasteiger partial charge in [0, 0.05) is 5.56 Å². The van der Waals surface area contributed by atoms with Crippen LogP contribution in [0.15, 0.2) is 12.1 Å². The number of carboxylic acid groups (broad SMARTS) is 1. The average molecular weight is 195 g/mol. The number of nitrogens with zero attached hydrogens (tertiary/aromatic N) is 1. The standard InChI is InChI=1S/C10H13NO3/c1-6(2)7-4-5-8(10(12)13)11-9(7)14-3/h4-6H,1-3H3,(H,12,13). The van der Waals surface area contributed by atoms with Crippen molar-refractivity contribution in [3.8, 4) is 5.88 Å². The van der Waals surface area contributed by atoms with E-state index in [1.165, 1.54) is 13.2 Å². The van der Waals surface area contributed by atoms with Gasteiger partial charge in [-0.1, -0.05) is 19.9 Å². The Bertz CT molecular complexity index is 347. The number of hydrogen-bond acceptors (Lipinski definition) is 3. The molecule has 0 amide bonds. The topological polar surface area (TPSA) is 59.4 Å². The van der Waals surface area contributed by atoms with Gasteiger partial charge in [-0.05, 0) is 12.0 Å². The van der Waals surface area contributed by atoms with E-state index >= 15 is 0 Å². The highest BCUT2D eigenvalue weighted by atomic mass is 16.5. The Morgan fingerprint density at radius 3 is 2.57 bits per heavy atom. The fourth-order valence-electron chi connectivity index (χ4n) is 1.17. The Morgan fingerprint density at radius 1 is 1.50 bits per heavy atom. The molecule has 0 atom stereocenters. The second-order valence-electron chi connectivity index (χ2n) is 3.25. The molecule has 1 aromatic rings. The van der Waals surface area contributed by atoms with Crippen molar-refractivity contribution in [2.24, 2.45) is 0 Å². The molecule has 0 spiro atoms. The third kappa shape index (κ3) is 2.02. The quantitative estimate of drug-likeness (QED) is 0.800. The van der Waals surface area contributed by atoms with Crippen molar-refractivity contribution in [3.05, 3.63) is 23.4 Å². The zero-order chi connectivity index (χ0) is 10.7. The van der Waals surface area contributed by atoms with Crippen molar-refractivity contribution in [3.63, 3.8) is 0 Å². The van der Waals surface area contributed by atoms with Gasteiger partial charge in [-0.25, -0.2) is 9.78 Å². The van der Waals surface area contributed by atoms with Crippen LogP contribution in [-0.4, -0.2) is 23.2 Å². The molecule has 0 saturated carbocycles. The van der Waals surface area contributed by atoms with Gasteiger partial charge in [0.2, 0.25) is 5.88 Å². The van der Waals surface area contributed by atoms with Crippen molar-refractivity contribution in [1.29, 1.82) is 0 Å². The largest absolute Gasteiger partial charge is 0.481 e. The van der Waals surface area contributed by atoms with Gasteiger partial charge in [0.05, 0.1) is 7.11 Å². The minimum absolute atomic E-state index is 0.00579. The van der Waals surface area contributed by atoms with Gasteiger partial charge >= 0.3 is 5.97 Å². The molecule has 0 aromatic carbocycles. The molecule has 0 saturated heterocycles. The van der Waals surface area contributed by atoms with E-state index in [9.17, 15) is 4.79 Å². The van der Waals surface area contributed by atoms with E-state index in [0.29, 0.717) is 5.88 Å². The van der Waals surface area contributed by atoms with E-state index in [4.69, 9.17) is 9.84 Å². The second-order valence-corrected chi connectivity index (χ2v) is 3.25. The maximum atomic E-state index is 10.6. The number of rotatable bonds is 3. The van der Waals surface area contributed by atoms with Gasteiger partial charge in [0.15, 0.2) is 5.69 Å². The van der Waals surface area contributed by atoms with Crippen LogP contribution >= 0.6 is 0 Å². The lowest BCUT2D eigenvalue weighted by Crippen LogP contribution is -2.04. The predicted octanol–water partition coefficient (Wildman–Crippen LogP) is 1.91. The Hall–Kier alpha value is -1.58. The fourth-order valence-corrected chi connectivity index (χ4v) is 1.17. The predicted molar refractivity (Wildman–Crippen MR) is 51.8 cm³/mol. The molecule has 1 heterocycles. The van der Waals surface area contributed by atoms with Crippen LogP contribution in [0, 0.1) is 0 Å². The van der Waals surface area contributed by atoms with Crippen LogP contribution in [0.4, 0.5) is 0 Å². The van der Waals surface area contributed by atoms with Crippen molar-refractivity contribution >= 4 is 5.97 Å². The monoisotopic (exact) mass is 195 g/mol. The zero-order valence-electron chi connectivity index (χ0n) is 8.44. The van der Waals surface area contributed by atoms with E-state index in [0.717, 1.165) is 5.56 Å². The Morgan fingerprint density at radius 2 is 2.14 bits per heavy atom. The van der Waals surface area contributed by atoms with Crippen LogP contribution in [0.25, 0.3) is 0 Å². The number of carbonyl (C=O) groups is 1. The van der Waals surface area contributed by atoms with Crippen LogP contribution in [0.5, 0.6) is 5.88 Å². The molecule has 1 rings (SSSR count). The number of carboxylic acids is 1. The summed E-state index contributed by atoms with van der Waals surface area (Å²) in [5.41, 5.74) is 0.920. The molecule has 1 aromatic heterocycles. The first-order chi connectivity index (χ1) is 6.56. The highest BCUT2D eigenvalue weighted by Crippen LogP contribution is 2.24. The molecule has 4 heteroatoms. The summed E-state index contributed by atoms with van der Waals surface area (Å²) in [5, 5.41) is 8.72. The molecule has 1 N–H and O–H groups in total. The second kappa shape index (κ2) is 4.09. The van der Waals surface area contributed by atoms with Crippen molar-refractivity contribution in [2.45, 2.75) is 19.8 Å². The number of aromatic carboxylic acids is 1. The van der Waals surface area contributed by atoms with Crippen LogP contribution < -0.4 is 4.74 Å². The minimum Gasteiger partial charge on any atom is -0.481 e. The zero-order valence-corrected chi connectivity index (χ0v) is 8.44. The maximum absolute atomic E-state index is 10.6. The van der Waals surface area contributed by atoms with Crippen LogP contribution in [0.3, 0.4) is 0 Å². The summed E-state index contributed by atoms with van der Waals surface area (Å²) < 4.78 is 5.02.